The van der Waals surface area contributed by atoms with Gasteiger partial charge in [0.15, 0.2) is 0 Å². The van der Waals surface area contributed by atoms with Crippen LogP contribution in [0, 0.1) is 0 Å². The number of amides is 1. The molecule has 0 saturated carbocycles. The van der Waals surface area contributed by atoms with E-state index < -0.39 is 10.0 Å². The number of sulfonamides is 1. The molecule has 1 aromatic carbocycles. The van der Waals surface area contributed by atoms with Gasteiger partial charge in [-0.05, 0) is 36.9 Å². The van der Waals surface area contributed by atoms with E-state index in [9.17, 15) is 13.2 Å². The highest BCUT2D eigenvalue weighted by molar-refractivity contribution is 7.89. The van der Waals surface area contributed by atoms with Gasteiger partial charge in [-0.25, -0.2) is 13.1 Å². The highest BCUT2D eigenvalue weighted by atomic mass is 32.2. The lowest BCUT2D eigenvalue weighted by Crippen LogP contribution is -2.23. The van der Waals surface area contributed by atoms with Gasteiger partial charge in [0.05, 0.1) is 10.5 Å². The fourth-order valence-corrected chi connectivity index (χ4v) is 2.42. The molecule has 0 spiro atoms. The summed E-state index contributed by atoms with van der Waals surface area (Å²) in [5.41, 5.74) is 1.29. The molecule has 0 aliphatic rings. The number of hydrogen-bond acceptors (Lipinski definition) is 4. The van der Waals surface area contributed by atoms with Gasteiger partial charge in [-0.3, -0.25) is 9.78 Å². The summed E-state index contributed by atoms with van der Waals surface area (Å²) < 4.78 is 25.4. The van der Waals surface area contributed by atoms with Gasteiger partial charge in [-0.1, -0.05) is 12.1 Å². The van der Waals surface area contributed by atoms with Crippen LogP contribution in [0.25, 0.3) is 0 Å². The number of carbonyl (C=O) groups is 1. The summed E-state index contributed by atoms with van der Waals surface area (Å²) in [6.07, 6.45) is 3.08. The minimum absolute atomic E-state index is 0.187. The predicted molar refractivity (Wildman–Crippen MR) is 78.1 cm³/mol. The minimum atomic E-state index is -3.43. The third-order valence-electron chi connectivity index (χ3n) is 2.88. The second kappa shape index (κ2) is 6.47. The van der Waals surface area contributed by atoms with Gasteiger partial charge in [0.25, 0.3) is 5.91 Å². The largest absolute Gasteiger partial charge is 0.348 e. The van der Waals surface area contributed by atoms with Gasteiger partial charge in [0.1, 0.15) is 0 Å². The summed E-state index contributed by atoms with van der Waals surface area (Å²) in [7, 11) is -2.08. The molecule has 0 unspecified atom stereocenters. The SMILES string of the molecule is CNS(=O)(=O)c1ccc(CNC(=O)c2cccnc2)cc1. The molecule has 0 atom stereocenters. The van der Waals surface area contributed by atoms with Crippen molar-refractivity contribution in [3.8, 4) is 0 Å². The second-order valence-electron chi connectivity index (χ2n) is 4.28. The molecule has 0 aliphatic heterocycles. The third-order valence-corrected chi connectivity index (χ3v) is 4.31. The van der Waals surface area contributed by atoms with Crippen molar-refractivity contribution in [3.63, 3.8) is 0 Å². The van der Waals surface area contributed by atoms with Crippen LogP contribution < -0.4 is 10.0 Å². The highest BCUT2D eigenvalue weighted by Crippen LogP contribution is 2.10. The Morgan fingerprint density at radius 2 is 1.90 bits per heavy atom. The first-order valence-electron chi connectivity index (χ1n) is 6.23. The van der Waals surface area contributed by atoms with Crippen molar-refractivity contribution >= 4 is 15.9 Å². The summed E-state index contributed by atoms with van der Waals surface area (Å²) >= 11 is 0. The number of pyridine rings is 1. The van der Waals surface area contributed by atoms with Crippen LogP contribution in [0.3, 0.4) is 0 Å². The topological polar surface area (TPSA) is 88.2 Å². The zero-order valence-corrected chi connectivity index (χ0v) is 12.2. The molecule has 0 radical (unpaired) electrons. The lowest BCUT2D eigenvalue weighted by Gasteiger charge is -2.06. The van der Waals surface area contributed by atoms with Crippen LogP contribution in [0.2, 0.25) is 0 Å². The molecule has 1 amide bonds. The van der Waals surface area contributed by atoms with Gasteiger partial charge in [-0.2, -0.15) is 0 Å². The maximum absolute atomic E-state index is 11.8. The van der Waals surface area contributed by atoms with Crippen LogP contribution in [0.5, 0.6) is 0 Å². The lowest BCUT2D eigenvalue weighted by molar-refractivity contribution is 0.0950. The highest BCUT2D eigenvalue weighted by Gasteiger charge is 2.10. The van der Waals surface area contributed by atoms with E-state index >= 15 is 0 Å². The molecule has 21 heavy (non-hydrogen) atoms. The number of nitrogens with one attached hydrogen (secondary N) is 2. The molecule has 0 fully saturated rings. The maximum atomic E-state index is 11.8. The van der Waals surface area contributed by atoms with E-state index in [-0.39, 0.29) is 10.8 Å². The van der Waals surface area contributed by atoms with Crippen molar-refractivity contribution in [3.05, 3.63) is 59.9 Å². The number of aromatic nitrogens is 1. The number of benzene rings is 1. The molecule has 7 heteroatoms. The van der Waals surface area contributed by atoms with Crippen molar-refractivity contribution in [1.29, 1.82) is 0 Å². The minimum Gasteiger partial charge on any atom is -0.348 e. The van der Waals surface area contributed by atoms with Crippen molar-refractivity contribution in [2.75, 3.05) is 7.05 Å². The van der Waals surface area contributed by atoms with E-state index in [0.717, 1.165) is 5.56 Å². The van der Waals surface area contributed by atoms with Crippen molar-refractivity contribution in [2.24, 2.45) is 0 Å². The summed E-state index contributed by atoms with van der Waals surface area (Å²) in [6, 6.07) is 9.67. The molecular weight excluding hydrogens is 290 g/mol. The van der Waals surface area contributed by atoms with E-state index in [1.165, 1.54) is 25.4 Å². The molecule has 2 rings (SSSR count). The molecule has 2 N–H and O–H groups in total. The number of carbonyl (C=O) groups excluding carboxylic acids is 1. The fraction of sp³-hybridized carbons (Fsp3) is 0.143. The van der Waals surface area contributed by atoms with Gasteiger partial charge in [0, 0.05) is 18.9 Å². The standard InChI is InChI=1S/C14H15N3O3S/c1-15-21(19,20)13-6-4-11(5-7-13)9-17-14(18)12-3-2-8-16-10-12/h2-8,10,15H,9H2,1H3,(H,17,18). The van der Waals surface area contributed by atoms with Crippen molar-refractivity contribution in [1.82, 2.24) is 15.0 Å². The zero-order chi connectivity index (χ0) is 15.3. The quantitative estimate of drug-likeness (QED) is 0.860. The second-order valence-corrected chi connectivity index (χ2v) is 6.16. The Kier molecular flexibility index (Phi) is 4.66. The van der Waals surface area contributed by atoms with Crippen LogP contribution in [-0.4, -0.2) is 26.4 Å². The van der Waals surface area contributed by atoms with E-state index in [4.69, 9.17) is 0 Å². The molecule has 0 saturated heterocycles. The molecule has 0 bridgehead atoms. The van der Waals surface area contributed by atoms with E-state index in [1.807, 2.05) is 0 Å². The Morgan fingerprint density at radius 3 is 2.48 bits per heavy atom. The first-order chi connectivity index (χ1) is 10.0. The zero-order valence-electron chi connectivity index (χ0n) is 11.4. The maximum Gasteiger partial charge on any atom is 0.253 e. The van der Waals surface area contributed by atoms with Crippen LogP contribution in [0.1, 0.15) is 15.9 Å². The molecule has 1 aromatic heterocycles. The molecule has 6 nitrogen and oxygen atoms in total. The Balaban J connectivity index is 2.00. The summed E-state index contributed by atoms with van der Waals surface area (Å²) in [5, 5.41) is 2.74. The normalized spacial score (nSPS) is 11.1. The number of rotatable bonds is 5. The monoisotopic (exact) mass is 305 g/mol. The molecule has 1 heterocycles. The lowest BCUT2D eigenvalue weighted by atomic mass is 10.2. The summed E-state index contributed by atoms with van der Waals surface area (Å²) in [4.78, 5) is 15.9. The number of hydrogen-bond donors (Lipinski definition) is 2. The van der Waals surface area contributed by atoms with Crippen LogP contribution in [0.15, 0.2) is 53.7 Å². The van der Waals surface area contributed by atoms with E-state index in [0.29, 0.717) is 12.1 Å². The summed E-state index contributed by atoms with van der Waals surface area (Å²) in [6.45, 7) is 0.313. The van der Waals surface area contributed by atoms with Gasteiger partial charge >= 0.3 is 0 Å². The molecular formula is C14H15N3O3S. The van der Waals surface area contributed by atoms with Crippen molar-refractivity contribution < 1.29 is 13.2 Å². The fourth-order valence-electron chi connectivity index (χ4n) is 1.69. The Labute approximate surface area is 123 Å². The Hall–Kier alpha value is -2.25. The smallest absolute Gasteiger partial charge is 0.253 e. The third kappa shape index (κ3) is 3.87. The van der Waals surface area contributed by atoms with Crippen LogP contribution in [0.4, 0.5) is 0 Å². The predicted octanol–water partition coefficient (Wildman–Crippen LogP) is 0.920. The van der Waals surface area contributed by atoms with Crippen molar-refractivity contribution in [2.45, 2.75) is 11.4 Å². The first-order valence-corrected chi connectivity index (χ1v) is 7.72. The average molecular weight is 305 g/mol. The van der Waals surface area contributed by atoms with E-state index in [2.05, 4.69) is 15.0 Å². The Morgan fingerprint density at radius 1 is 1.19 bits per heavy atom. The summed E-state index contributed by atoms with van der Waals surface area (Å²) in [5.74, 6) is -0.227. The number of nitrogens with zero attached hydrogens (tertiary/aromatic N) is 1. The molecule has 0 aliphatic carbocycles. The molecule has 2 aromatic rings. The Bertz CT molecular complexity index is 713. The first kappa shape index (κ1) is 15.1. The van der Waals surface area contributed by atoms with E-state index in [1.54, 1.807) is 30.5 Å². The van der Waals surface area contributed by atoms with Crippen LogP contribution >= 0.6 is 0 Å². The van der Waals surface area contributed by atoms with Gasteiger partial charge in [-0.15, -0.1) is 0 Å². The van der Waals surface area contributed by atoms with Gasteiger partial charge in [0.2, 0.25) is 10.0 Å². The van der Waals surface area contributed by atoms with Crippen LogP contribution in [-0.2, 0) is 16.6 Å². The molecule has 110 valence electrons. The van der Waals surface area contributed by atoms with Gasteiger partial charge < -0.3 is 5.32 Å². The average Bonchev–Trinajstić information content (AvgIpc) is 2.54.